The molecule has 2 aromatic rings. The molecular weight excluding hydrogens is 482 g/mol. The van der Waals surface area contributed by atoms with E-state index in [0.29, 0.717) is 36.7 Å². The van der Waals surface area contributed by atoms with Crippen molar-refractivity contribution in [2.75, 3.05) is 20.2 Å². The molecule has 2 amide bonds. The minimum absolute atomic E-state index is 0.0866. The Balaban J connectivity index is 1.09. The van der Waals surface area contributed by atoms with Crippen molar-refractivity contribution in [2.45, 2.75) is 69.4 Å². The second kappa shape index (κ2) is 10.3. The topological polar surface area (TPSA) is 80.3 Å². The zero-order valence-electron chi connectivity index (χ0n) is 21.9. The van der Waals surface area contributed by atoms with Crippen LogP contribution in [0.15, 0.2) is 54.7 Å². The number of rotatable bonds is 7. The number of methoxy groups -OCH3 is 1. The van der Waals surface area contributed by atoms with Crippen molar-refractivity contribution < 1.29 is 23.8 Å². The fourth-order valence-electron chi connectivity index (χ4n) is 6.22. The highest BCUT2D eigenvalue weighted by Gasteiger charge is 2.41. The molecule has 38 heavy (non-hydrogen) atoms. The number of fused-ring (bicyclic) bond motifs is 1. The highest BCUT2D eigenvalue weighted by Crippen LogP contribution is 2.35. The maximum atomic E-state index is 13.1. The number of allylic oxidation sites excluding steroid dienone is 1. The third kappa shape index (κ3) is 4.73. The molecule has 2 saturated heterocycles. The lowest BCUT2D eigenvalue weighted by Gasteiger charge is -2.47. The number of carbonyl (C=O) groups excluding carboxylic acids is 2. The summed E-state index contributed by atoms with van der Waals surface area (Å²) in [7, 11) is 1.66. The minimum atomic E-state index is -0.454. The van der Waals surface area contributed by atoms with E-state index in [1.54, 1.807) is 12.0 Å². The first kappa shape index (κ1) is 24.8. The lowest BCUT2D eigenvalue weighted by atomic mass is 9.89. The minimum Gasteiger partial charge on any atom is -0.493 e. The molecule has 0 aromatic heterocycles. The van der Waals surface area contributed by atoms with Gasteiger partial charge in [0.15, 0.2) is 11.5 Å². The number of ether oxygens (including phenoxy) is 3. The van der Waals surface area contributed by atoms with Crippen LogP contribution in [-0.4, -0.2) is 66.1 Å². The molecule has 200 valence electrons. The van der Waals surface area contributed by atoms with E-state index >= 15 is 0 Å². The maximum absolute atomic E-state index is 13.1. The summed E-state index contributed by atoms with van der Waals surface area (Å²) in [5.41, 5.74) is 2.30. The van der Waals surface area contributed by atoms with E-state index in [4.69, 9.17) is 14.2 Å². The van der Waals surface area contributed by atoms with E-state index < -0.39 is 6.04 Å². The number of para-hydroxylation sites is 2. The number of hydrogen-bond acceptors (Lipinski definition) is 6. The van der Waals surface area contributed by atoms with Crippen LogP contribution in [0.1, 0.15) is 54.4 Å². The molecule has 0 spiro atoms. The lowest BCUT2D eigenvalue weighted by molar-refractivity contribution is -0.126. The lowest BCUT2D eigenvalue weighted by Crippen LogP contribution is -2.62. The Morgan fingerprint density at radius 3 is 2.55 bits per heavy atom. The summed E-state index contributed by atoms with van der Waals surface area (Å²) in [6.07, 6.45) is 5.98. The Morgan fingerprint density at radius 2 is 1.76 bits per heavy atom. The van der Waals surface area contributed by atoms with Crippen molar-refractivity contribution in [3.63, 3.8) is 0 Å². The molecular formula is C30H35N3O5. The summed E-state index contributed by atoms with van der Waals surface area (Å²) in [6, 6.07) is 13.4. The molecule has 1 aliphatic carbocycles. The van der Waals surface area contributed by atoms with Crippen LogP contribution >= 0.6 is 0 Å². The standard InChI is InChI=1S/C30H35N3O5/c1-19-11-14-25(29(34)31-19)33-16-20-15-21(12-13-23(20)30(33)35)37-26-8-4-3-7-24(26)32-17-22(18-32)38-28-10-6-5-9-27(28)36-2/h5-6,9-10,12-13,15,22,24-26H,1,3-4,7-8,11,14,16-18H2,2H3,(H,31,34)/t24-,25?,26+/m0/s1. The third-order valence-electron chi connectivity index (χ3n) is 8.27. The summed E-state index contributed by atoms with van der Waals surface area (Å²) in [6.45, 7) is 6.01. The van der Waals surface area contributed by atoms with Gasteiger partial charge in [-0.1, -0.05) is 25.1 Å². The zero-order valence-corrected chi connectivity index (χ0v) is 21.9. The van der Waals surface area contributed by atoms with Crippen LogP contribution in [-0.2, 0) is 11.3 Å². The number of amides is 2. The highest BCUT2D eigenvalue weighted by atomic mass is 16.5. The molecule has 6 rings (SSSR count). The van der Waals surface area contributed by atoms with E-state index in [9.17, 15) is 9.59 Å². The molecule has 1 N–H and O–H groups in total. The summed E-state index contributed by atoms with van der Waals surface area (Å²) < 4.78 is 18.2. The largest absolute Gasteiger partial charge is 0.493 e. The smallest absolute Gasteiger partial charge is 0.255 e. The SMILES string of the molecule is C=C1CCC(N2Cc3cc(O[C@@H]4CCCC[C@@H]4N4CC(Oc5ccccc5OC)C4)ccc3C2=O)C(=O)N1. The summed E-state index contributed by atoms with van der Waals surface area (Å²) in [4.78, 5) is 29.7. The molecule has 3 fully saturated rings. The third-order valence-corrected chi connectivity index (χ3v) is 8.27. The van der Waals surface area contributed by atoms with Crippen LogP contribution in [0.3, 0.4) is 0 Å². The molecule has 2 aromatic carbocycles. The normalized spacial score (nSPS) is 26.0. The first-order valence-electron chi connectivity index (χ1n) is 13.6. The van der Waals surface area contributed by atoms with Crippen molar-refractivity contribution in [3.05, 3.63) is 65.9 Å². The number of nitrogens with zero attached hydrogens (tertiary/aromatic N) is 2. The van der Waals surface area contributed by atoms with Crippen molar-refractivity contribution in [2.24, 2.45) is 0 Å². The van der Waals surface area contributed by atoms with E-state index in [2.05, 4.69) is 16.8 Å². The van der Waals surface area contributed by atoms with Gasteiger partial charge < -0.3 is 24.4 Å². The summed E-state index contributed by atoms with van der Waals surface area (Å²) in [5, 5.41) is 2.80. The Morgan fingerprint density at radius 1 is 0.974 bits per heavy atom. The number of benzene rings is 2. The molecule has 3 atom stereocenters. The van der Waals surface area contributed by atoms with Crippen LogP contribution in [0, 0.1) is 0 Å². The van der Waals surface area contributed by atoms with Gasteiger partial charge >= 0.3 is 0 Å². The van der Waals surface area contributed by atoms with E-state index in [1.807, 2.05) is 42.5 Å². The maximum Gasteiger partial charge on any atom is 0.255 e. The van der Waals surface area contributed by atoms with Crippen LogP contribution in [0.5, 0.6) is 17.2 Å². The zero-order chi connectivity index (χ0) is 26.2. The fraction of sp³-hybridized carbons (Fsp3) is 0.467. The molecule has 3 heterocycles. The van der Waals surface area contributed by atoms with Gasteiger partial charge in [0, 0.05) is 36.9 Å². The monoisotopic (exact) mass is 517 g/mol. The number of hydrogen-bond donors (Lipinski definition) is 1. The van der Waals surface area contributed by atoms with E-state index in [1.165, 1.54) is 6.42 Å². The van der Waals surface area contributed by atoms with Gasteiger partial charge in [0.1, 0.15) is 24.0 Å². The Kier molecular flexibility index (Phi) is 6.74. The first-order chi connectivity index (χ1) is 18.5. The predicted molar refractivity (Wildman–Crippen MR) is 142 cm³/mol. The van der Waals surface area contributed by atoms with Crippen molar-refractivity contribution in [3.8, 4) is 17.2 Å². The Labute approximate surface area is 223 Å². The van der Waals surface area contributed by atoms with E-state index in [-0.39, 0.29) is 24.0 Å². The van der Waals surface area contributed by atoms with Gasteiger partial charge in [-0.2, -0.15) is 0 Å². The quantitative estimate of drug-likeness (QED) is 0.600. The molecule has 1 unspecified atom stereocenters. The molecule has 1 saturated carbocycles. The van der Waals surface area contributed by atoms with Gasteiger partial charge in [-0.25, -0.2) is 0 Å². The fourth-order valence-corrected chi connectivity index (χ4v) is 6.22. The number of likely N-dealkylation sites (tertiary alicyclic amines) is 1. The van der Waals surface area contributed by atoms with Crippen LogP contribution in [0.25, 0.3) is 0 Å². The summed E-state index contributed by atoms with van der Waals surface area (Å²) in [5.74, 6) is 2.10. The van der Waals surface area contributed by atoms with Crippen LogP contribution in [0.4, 0.5) is 0 Å². The Bertz CT molecular complexity index is 1240. The molecule has 3 aliphatic heterocycles. The molecule has 8 nitrogen and oxygen atoms in total. The van der Waals surface area contributed by atoms with Crippen LogP contribution in [0.2, 0.25) is 0 Å². The predicted octanol–water partition coefficient (Wildman–Crippen LogP) is 3.90. The summed E-state index contributed by atoms with van der Waals surface area (Å²) >= 11 is 0. The number of carbonyl (C=O) groups is 2. The highest BCUT2D eigenvalue weighted by molar-refractivity contribution is 6.01. The van der Waals surface area contributed by atoms with Crippen molar-refractivity contribution >= 4 is 11.8 Å². The van der Waals surface area contributed by atoms with Gasteiger partial charge in [-0.05, 0) is 68.0 Å². The van der Waals surface area contributed by atoms with Gasteiger partial charge in [-0.3, -0.25) is 14.5 Å². The number of piperidine rings is 1. The van der Waals surface area contributed by atoms with Gasteiger partial charge in [0.05, 0.1) is 7.11 Å². The first-order valence-corrected chi connectivity index (χ1v) is 13.6. The van der Waals surface area contributed by atoms with E-state index in [0.717, 1.165) is 55.2 Å². The van der Waals surface area contributed by atoms with Crippen LogP contribution < -0.4 is 19.5 Å². The van der Waals surface area contributed by atoms with Crippen molar-refractivity contribution in [1.82, 2.24) is 15.1 Å². The molecule has 0 radical (unpaired) electrons. The second-order valence-electron chi connectivity index (χ2n) is 10.8. The molecule has 0 bridgehead atoms. The Hall–Kier alpha value is -3.52. The average molecular weight is 518 g/mol. The molecule has 4 aliphatic rings. The second-order valence-corrected chi connectivity index (χ2v) is 10.8. The van der Waals surface area contributed by atoms with Crippen molar-refractivity contribution in [1.29, 1.82) is 0 Å². The van der Waals surface area contributed by atoms with Gasteiger partial charge in [-0.15, -0.1) is 0 Å². The molecule has 8 heteroatoms. The average Bonchev–Trinajstić information content (AvgIpc) is 3.22. The van der Waals surface area contributed by atoms with Gasteiger partial charge in [0.25, 0.3) is 5.91 Å². The number of nitrogens with one attached hydrogen (secondary N) is 1. The van der Waals surface area contributed by atoms with Gasteiger partial charge in [0.2, 0.25) is 5.91 Å².